The third-order valence-electron chi connectivity index (χ3n) is 3.12. The zero-order valence-electron chi connectivity index (χ0n) is 11.5. The molecule has 1 aromatic rings. The van der Waals surface area contributed by atoms with Crippen molar-refractivity contribution < 1.29 is 28.6 Å². The van der Waals surface area contributed by atoms with E-state index in [2.05, 4.69) is 0 Å². The quantitative estimate of drug-likeness (QED) is 0.902. The molecule has 7 heteroatoms. The number of rotatable bonds is 4. The summed E-state index contributed by atoms with van der Waals surface area (Å²) in [6.07, 6.45) is -0.0496. The summed E-state index contributed by atoms with van der Waals surface area (Å²) in [6, 6.07) is 3.09. The molecule has 1 atom stereocenters. The Hall–Kier alpha value is -2.15. The van der Waals surface area contributed by atoms with E-state index in [9.17, 15) is 14.0 Å². The molecule has 0 aliphatic carbocycles. The first-order chi connectivity index (χ1) is 9.97. The molecule has 1 aliphatic heterocycles. The highest BCUT2D eigenvalue weighted by Crippen LogP contribution is 2.20. The van der Waals surface area contributed by atoms with E-state index in [1.54, 1.807) is 4.90 Å². The normalized spacial score (nSPS) is 18.4. The zero-order valence-corrected chi connectivity index (χ0v) is 11.5. The van der Waals surface area contributed by atoms with Crippen molar-refractivity contribution in [2.45, 2.75) is 13.0 Å². The SMILES string of the molecule is CC1CN(C(=O)COc2cc(F)ccc2C(=O)O)CCO1. The van der Waals surface area contributed by atoms with E-state index in [4.69, 9.17) is 14.6 Å². The van der Waals surface area contributed by atoms with Crippen LogP contribution in [0, 0.1) is 5.82 Å². The molecule has 1 N–H and O–H groups in total. The summed E-state index contributed by atoms with van der Waals surface area (Å²) in [6.45, 7) is 2.89. The lowest BCUT2D eigenvalue weighted by Gasteiger charge is -2.31. The Morgan fingerprint density at radius 2 is 2.29 bits per heavy atom. The summed E-state index contributed by atoms with van der Waals surface area (Å²) in [4.78, 5) is 24.6. The minimum absolute atomic E-state index is 0.0496. The first-order valence-corrected chi connectivity index (χ1v) is 6.52. The molecule has 1 fully saturated rings. The van der Waals surface area contributed by atoms with Gasteiger partial charge in [-0.15, -0.1) is 0 Å². The first kappa shape index (κ1) is 15.2. The number of amides is 1. The first-order valence-electron chi connectivity index (χ1n) is 6.52. The second-order valence-electron chi connectivity index (χ2n) is 4.76. The van der Waals surface area contributed by atoms with Crippen LogP contribution in [0.1, 0.15) is 17.3 Å². The number of hydrogen-bond donors (Lipinski definition) is 1. The lowest BCUT2D eigenvalue weighted by Crippen LogP contribution is -2.46. The predicted molar refractivity (Wildman–Crippen MR) is 70.8 cm³/mol. The van der Waals surface area contributed by atoms with Gasteiger partial charge in [0, 0.05) is 19.2 Å². The van der Waals surface area contributed by atoms with E-state index >= 15 is 0 Å². The highest BCUT2D eigenvalue weighted by molar-refractivity contribution is 5.91. The molecule has 1 aliphatic rings. The van der Waals surface area contributed by atoms with Crippen LogP contribution in [0.5, 0.6) is 5.75 Å². The fraction of sp³-hybridized carbons (Fsp3) is 0.429. The number of carbonyl (C=O) groups excluding carboxylic acids is 1. The Balaban J connectivity index is 2.00. The van der Waals surface area contributed by atoms with Crippen molar-refractivity contribution in [1.29, 1.82) is 0 Å². The smallest absolute Gasteiger partial charge is 0.339 e. The minimum atomic E-state index is -1.24. The molecule has 0 aromatic heterocycles. The van der Waals surface area contributed by atoms with Crippen LogP contribution in [-0.2, 0) is 9.53 Å². The Labute approximate surface area is 121 Å². The average Bonchev–Trinajstić information content (AvgIpc) is 2.44. The topological polar surface area (TPSA) is 76.1 Å². The molecular weight excluding hydrogens is 281 g/mol. The molecule has 2 rings (SSSR count). The molecule has 1 unspecified atom stereocenters. The van der Waals surface area contributed by atoms with Crippen molar-refractivity contribution in [3.63, 3.8) is 0 Å². The van der Waals surface area contributed by atoms with Gasteiger partial charge >= 0.3 is 5.97 Å². The highest BCUT2D eigenvalue weighted by Gasteiger charge is 2.22. The van der Waals surface area contributed by atoms with E-state index in [-0.39, 0.29) is 29.9 Å². The number of hydrogen-bond acceptors (Lipinski definition) is 4. The van der Waals surface area contributed by atoms with Crippen molar-refractivity contribution >= 4 is 11.9 Å². The Kier molecular flexibility index (Phi) is 4.74. The number of aromatic carboxylic acids is 1. The molecule has 0 saturated carbocycles. The van der Waals surface area contributed by atoms with Crippen LogP contribution in [0.25, 0.3) is 0 Å². The molecule has 1 heterocycles. The molecular formula is C14H16FNO5. The van der Waals surface area contributed by atoms with Gasteiger partial charge in [0.1, 0.15) is 17.1 Å². The van der Waals surface area contributed by atoms with Gasteiger partial charge in [0.25, 0.3) is 5.91 Å². The molecule has 114 valence electrons. The van der Waals surface area contributed by atoms with E-state index in [0.717, 1.165) is 18.2 Å². The zero-order chi connectivity index (χ0) is 15.4. The van der Waals surface area contributed by atoms with E-state index in [1.165, 1.54) is 0 Å². The fourth-order valence-electron chi connectivity index (χ4n) is 2.07. The number of halogens is 1. The molecule has 21 heavy (non-hydrogen) atoms. The Morgan fingerprint density at radius 1 is 1.52 bits per heavy atom. The van der Waals surface area contributed by atoms with Crippen molar-refractivity contribution in [3.05, 3.63) is 29.6 Å². The van der Waals surface area contributed by atoms with Crippen LogP contribution in [0.15, 0.2) is 18.2 Å². The monoisotopic (exact) mass is 297 g/mol. The second-order valence-corrected chi connectivity index (χ2v) is 4.76. The number of nitrogens with zero attached hydrogens (tertiary/aromatic N) is 1. The second kappa shape index (κ2) is 6.53. The number of carbonyl (C=O) groups is 2. The number of carboxylic acids is 1. The Morgan fingerprint density at radius 3 is 2.95 bits per heavy atom. The molecule has 0 spiro atoms. The summed E-state index contributed by atoms with van der Waals surface area (Å²) in [5.74, 6) is -2.30. The summed E-state index contributed by atoms with van der Waals surface area (Å²) in [5, 5.41) is 8.99. The Bertz CT molecular complexity index is 548. The number of benzene rings is 1. The van der Waals surface area contributed by atoms with Crippen LogP contribution in [0.4, 0.5) is 4.39 Å². The summed E-state index contributed by atoms with van der Waals surface area (Å²) in [7, 11) is 0. The molecule has 6 nitrogen and oxygen atoms in total. The predicted octanol–water partition coefficient (Wildman–Crippen LogP) is 1.15. The van der Waals surface area contributed by atoms with Crippen molar-refractivity contribution in [3.8, 4) is 5.75 Å². The molecule has 1 saturated heterocycles. The van der Waals surface area contributed by atoms with Crippen LogP contribution >= 0.6 is 0 Å². The summed E-state index contributed by atoms with van der Waals surface area (Å²) >= 11 is 0. The molecule has 1 aromatic carbocycles. The van der Waals surface area contributed by atoms with Crippen molar-refractivity contribution in [1.82, 2.24) is 4.90 Å². The number of morpholine rings is 1. The van der Waals surface area contributed by atoms with E-state index < -0.39 is 11.8 Å². The number of carboxylic acid groups (broad SMARTS) is 1. The van der Waals surface area contributed by atoms with Crippen molar-refractivity contribution in [2.24, 2.45) is 0 Å². The van der Waals surface area contributed by atoms with E-state index in [0.29, 0.717) is 19.7 Å². The maximum absolute atomic E-state index is 13.2. The van der Waals surface area contributed by atoms with Gasteiger partial charge in [-0.05, 0) is 19.1 Å². The summed E-state index contributed by atoms with van der Waals surface area (Å²) < 4.78 is 23.7. The maximum atomic E-state index is 13.2. The maximum Gasteiger partial charge on any atom is 0.339 e. The van der Waals surface area contributed by atoms with Gasteiger partial charge in [-0.25, -0.2) is 9.18 Å². The fourth-order valence-corrected chi connectivity index (χ4v) is 2.07. The highest BCUT2D eigenvalue weighted by atomic mass is 19.1. The van der Waals surface area contributed by atoms with Gasteiger partial charge in [0.2, 0.25) is 0 Å². The number of ether oxygens (including phenoxy) is 2. The molecule has 0 bridgehead atoms. The third kappa shape index (κ3) is 3.91. The average molecular weight is 297 g/mol. The van der Waals surface area contributed by atoms with Crippen LogP contribution in [0.3, 0.4) is 0 Å². The third-order valence-corrected chi connectivity index (χ3v) is 3.12. The largest absolute Gasteiger partial charge is 0.483 e. The van der Waals surface area contributed by atoms with Gasteiger partial charge in [0.05, 0.1) is 12.7 Å². The van der Waals surface area contributed by atoms with Crippen molar-refractivity contribution in [2.75, 3.05) is 26.3 Å². The molecule has 0 radical (unpaired) electrons. The van der Waals surface area contributed by atoms with Gasteiger partial charge < -0.3 is 19.5 Å². The standard InChI is InChI=1S/C14H16FNO5/c1-9-7-16(4-5-20-9)13(17)8-21-12-6-10(15)2-3-11(12)14(18)19/h2-3,6,9H,4-5,7-8H2,1H3,(H,18,19). The lowest BCUT2D eigenvalue weighted by atomic mass is 10.2. The van der Waals surface area contributed by atoms with Crippen LogP contribution in [0.2, 0.25) is 0 Å². The van der Waals surface area contributed by atoms with Crippen LogP contribution < -0.4 is 4.74 Å². The van der Waals surface area contributed by atoms with Crippen LogP contribution in [-0.4, -0.2) is 54.3 Å². The van der Waals surface area contributed by atoms with Gasteiger partial charge in [0.15, 0.2) is 6.61 Å². The van der Waals surface area contributed by atoms with Gasteiger partial charge in [-0.2, -0.15) is 0 Å². The summed E-state index contributed by atoms with van der Waals surface area (Å²) in [5.41, 5.74) is -0.181. The van der Waals surface area contributed by atoms with Gasteiger partial charge in [-0.3, -0.25) is 4.79 Å². The lowest BCUT2D eigenvalue weighted by molar-refractivity contribution is -0.140. The molecule has 1 amide bonds. The van der Waals surface area contributed by atoms with E-state index in [1.807, 2.05) is 6.92 Å². The minimum Gasteiger partial charge on any atom is -0.483 e. The van der Waals surface area contributed by atoms with Gasteiger partial charge in [-0.1, -0.05) is 0 Å².